The molecule has 0 aliphatic rings. The highest BCUT2D eigenvalue weighted by Gasteiger charge is 2.50. The lowest BCUT2D eigenvalue weighted by molar-refractivity contribution is 0.0470. The number of rotatable bonds is 18. The monoisotopic (exact) mass is 900 g/mol. The fraction of sp³-hybridized carbons (Fsp3) is 0.318. The number of hydrogen-bond donors (Lipinski definition) is 0. The molecular weight excluding hydrogens is 853 g/mol. The summed E-state index contributed by atoms with van der Waals surface area (Å²) in [6.45, 7) is 9.54. The Kier molecular flexibility index (Phi) is 16.2. The fourth-order valence-corrected chi connectivity index (χ4v) is 11.3. The molecule has 4 aromatic carbocycles. The summed E-state index contributed by atoms with van der Waals surface area (Å²) in [5.74, 6) is -0.891. The molecule has 0 amide bonds. The molecule has 320 valence electrons. The molecular formula is C44H48F2O10P2S2. The van der Waals surface area contributed by atoms with Gasteiger partial charge in [-0.05, 0) is 99.8 Å². The van der Waals surface area contributed by atoms with Crippen LogP contribution in [0.4, 0.5) is 8.78 Å². The Morgan fingerprint density at radius 2 is 0.867 bits per heavy atom. The van der Waals surface area contributed by atoms with Gasteiger partial charge < -0.3 is 27.6 Å². The molecule has 0 saturated carbocycles. The highest BCUT2D eigenvalue weighted by Crippen LogP contribution is 2.67. The van der Waals surface area contributed by atoms with E-state index in [2.05, 4.69) is 0 Å². The number of esters is 2. The Bertz CT molecular complexity index is 2280. The number of carbonyl (C=O) groups is 2. The Hall–Kier alpha value is -4.10. The van der Waals surface area contributed by atoms with Gasteiger partial charge in [-0.1, -0.05) is 72.8 Å². The molecule has 2 atom stereocenters. The molecule has 2 heterocycles. The van der Waals surface area contributed by atoms with Crippen molar-refractivity contribution >= 4 is 70.0 Å². The van der Waals surface area contributed by atoms with Crippen LogP contribution in [0.2, 0.25) is 0 Å². The lowest BCUT2D eigenvalue weighted by atomic mass is 10.1. The van der Waals surface area contributed by atoms with Crippen molar-refractivity contribution in [2.24, 2.45) is 0 Å². The molecule has 6 aromatic rings. The topological polar surface area (TPSA) is 124 Å². The highest BCUT2D eigenvalue weighted by atomic mass is 32.1. The first kappa shape index (κ1) is 47.0. The first-order chi connectivity index (χ1) is 28.6. The first-order valence-electron chi connectivity index (χ1n) is 19.3. The maximum atomic E-state index is 15.6. The number of halogens is 2. The Morgan fingerprint density at radius 1 is 0.533 bits per heavy atom. The molecule has 0 bridgehead atoms. The van der Waals surface area contributed by atoms with Crippen molar-refractivity contribution in [1.82, 2.24) is 0 Å². The van der Waals surface area contributed by atoms with Gasteiger partial charge in [0.25, 0.3) is 0 Å². The number of ether oxygens (including phenoxy) is 2. The van der Waals surface area contributed by atoms with Crippen molar-refractivity contribution in [3.8, 4) is 0 Å². The Morgan fingerprint density at radius 3 is 1.18 bits per heavy atom. The number of thiophene rings is 2. The largest absolute Gasteiger partial charge is 0.457 e. The van der Waals surface area contributed by atoms with Gasteiger partial charge in [-0.3, -0.25) is 9.13 Å². The van der Waals surface area contributed by atoms with Crippen LogP contribution in [-0.2, 0) is 60.7 Å². The van der Waals surface area contributed by atoms with Crippen LogP contribution in [0.1, 0.15) is 83.1 Å². The first-order valence-corrected chi connectivity index (χ1v) is 24.0. The zero-order chi connectivity index (χ0) is 43.6. The van der Waals surface area contributed by atoms with Crippen molar-refractivity contribution in [2.75, 3.05) is 26.4 Å². The molecule has 0 fully saturated rings. The van der Waals surface area contributed by atoms with Crippen molar-refractivity contribution in [3.05, 3.63) is 141 Å². The SMILES string of the molecule is CCOP(=O)(OCC)C(C)(F)c1ccc2sc(C(=O)OCc3ccccc3)cc2c1.CCOP(=O)(OCC)C(C)(F)c1ccc2sc(C(=O)OCc3ccccc3)cc2c1. The molecule has 6 rings (SSSR count). The summed E-state index contributed by atoms with van der Waals surface area (Å²) in [4.78, 5) is 25.7. The van der Waals surface area contributed by atoms with Gasteiger partial charge in [-0.25, -0.2) is 18.4 Å². The third-order valence-corrected chi connectivity index (χ3v) is 16.3. The summed E-state index contributed by atoms with van der Waals surface area (Å²) >= 11 is 2.52. The van der Waals surface area contributed by atoms with Crippen LogP contribution in [0.3, 0.4) is 0 Å². The lowest BCUT2D eigenvalue weighted by Crippen LogP contribution is -2.19. The maximum Gasteiger partial charge on any atom is 0.371 e. The van der Waals surface area contributed by atoms with Gasteiger partial charge in [-0.2, -0.15) is 0 Å². The lowest BCUT2D eigenvalue weighted by Gasteiger charge is -2.29. The summed E-state index contributed by atoms with van der Waals surface area (Å²) in [7, 11) is -8.07. The number of fused-ring (bicyclic) bond motifs is 2. The standard InChI is InChI=1S/2C22H24FO5PS/c2*1-4-27-29(25,28-5-2)22(3,23)18-11-12-19-17(13-18)14-20(30-19)21(24)26-15-16-9-7-6-8-10-16/h2*6-14H,4-5,15H2,1-3H3. The van der Waals surface area contributed by atoms with E-state index in [-0.39, 0.29) is 50.8 Å². The fourth-order valence-electron chi connectivity index (χ4n) is 6.00. The molecule has 0 radical (unpaired) electrons. The molecule has 60 heavy (non-hydrogen) atoms. The highest BCUT2D eigenvalue weighted by molar-refractivity contribution is 7.55. The summed E-state index contributed by atoms with van der Waals surface area (Å²) in [6.07, 6.45) is 0. The molecule has 0 saturated heterocycles. The zero-order valence-corrected chi connectivity index (χ0v) is 37.6. The van der Waals surface area contributed by atoms with Gasteiger partial charge in [0.15, 0.2) is 0 Å². The van der Waals surface area contributed by atoms with Gasteiger partial charge in [0.1, 0.15) is 23.0 Å². The minimum Gasteiger partial charge on any atom is -0.457 e. The van der Waals surface area contributed by atoms with Crippen molar-refractivity contribution in [3.63, 3.8) is 0 Å². The van der Waals surface area contributed by atoms with Gasteiger partial charge in [0.05, 0.1) is 26.4 Å². The molecule has 0 spiro atoms. The summed E-state index contributed by atoms with van der Waals surface area (Å²) in [6, 6.07) is 31.7. The van der Waals surface area contributed by atoms with Crippen LogP contribution in [0, 0.1) is 0 Å². The van der Waals surface area contributed by atoms with E-state index in [1.165, 1.54) is 36.5 Å². The van der Waals surface area contributed by atoms with Crippen LogP contribution in [-0.4, -0.2) is 38.4 Å². The average Bonchev–Trinajstić information content (AvgIpc) is 3.88. The normalized spacial score (nSPS) is 13.9. The van der Waals surface area contributed by atoms with E-state index >= 15 is 8.78 Å². The van der Waals surface area contributed by atoms with Crippen LogP contribution in [0.25, 0.3) is 20.2 Å². The van der Waals surface area contributed by atoms with Crippen LogP contribution < -0.4 is 0 Å². The maximum absolute atomic E-state index is 15.6. The van der Waals surface area contributed by atoms with Crippen LogP contribution in [0.5, 0.6) is 0 Å². The molecule has 2 unspecified atom stereocenters. The van der Waals surface area contributed by atoms with Crippen molar-refractivity contribution in [1.29, 1.82) is 0 Å². The second kappa shape index (κ2) is 20.6. The van der Waals surface area contributed by atoms with Gasteiger partial charge in [0.2, 0.25) is 10.8 Å². The smallest absolute Gasteiger partial charge is 0.371 e. The number of carbonyl (C=O) groups excluding carboxylic acids is 2. The minimum absolute atomic E-state index is 0.0644. The van der Waals surface area contributed by atoms with E-state index in [0.717, 1.165) is 20.5 Å². The number of hydrogen-bond acceptors (Lipinski definition) is 12. The van der Waals surface area contributed by atoms with E-state index in [0.29, 0.717) is 20.5 Å². The zero-order valence-electron chi connectivity index (χ0n) is 34.2. The van der Waals surface area contributed by atoms with Gasteiger partial charge in [-0.15, -0.1) is 22.7 Å². The number of alkyl halides is 2. The van der Waals surface area contributed by atoms with Gasteiger partial charge in [0, 0.05) is 20.5 Å². The third-order valence-electron chi connectivity index (χ3n) is 9.14. The molecule has 10 nitrogen and oxygen atoms in total. The molecule has 0 aliphatic heterocycles. The summed E-state index contributed by atoms with van der Waals surface area (Å²) in [5.41, 5.74) is 2.12. The quantitative estimate of drug-likeness (QED) is 0.0608. The predicted molar refractivity (Wildman–Crippen MR) is 233 cm³/mol. The van der Waals surface area contributed by atoms with E-state index in [9.17, 15) is 18.7 Å². The predicted octanol–water partition coefficient (Wildman–Crippen LogP) is 13.3. The summed E-state index contributed by atoms with van der Waals surface area (Å²) < 4.78 is 90.5. The van der Waals surface area contributed by atoms with Crippen molar-refractivity contribution in [2.45, 2.75) is 65.6 Å². The number of benzene rings is 4. The van der Waals surface area contributed by atoms with E-state index in [1.807, 2.05) is 60.7 Å². The average molecular weight is 901 g/mol. The molecule has 2 aromatic heterocycles. The molecule has 0 aliphatic carbocycles. The molecule has 0 N–H and O–H groups in total. The van der Waals surface area contributed by atoms with Crippen LogP contribution >= 0.6 is 37.9 Å². The van der Waals surface area contributed by atoms with E-state index in [4.69, 9.17) is 27.6 Å². The van der Waals surface area contributed by atoms with E-state index < -0.39 is 37.9 Å². The minimum atomic E-state index is -4.03. The van der Waals surface area contributed by atoms with E-state index in [1.54, 1.807) is 76.2 Å². The second-order valence-corrected chi connectivity index (χ2v) is 20.3. The van der Waals surface area contributed by atoms with Gasteiger partial charge >= 0.3 is 27.1 Å². The summed E-state index contributed by atoms with van der Waals surface area (Å²) in [5, 5.41) is -3.34. The molecule has 16 heteroatoms. The Labute approximate surface area is 356 Å². The Balaban J connectivity index is 0.000000228. The van der Waals surface area contributed by atoms with Crippen LogP contribution in [0.15, 0.2) is 109 Å². The third kappa shape index (κ3) is 10.9. The van der Waals surface area contributed by atoms with Crippen molar-refractivity contribution < 1.29 is 55.1 Å². The second-order valence-electron chi connectivity index (χ2n) is 13.4.